The van der Waals surface area contributed by atoms with E-state index in [2.05, 4.69) is 9.97 Å². The van der Waals surface area contributed by atoms with Gasteiger partial charge in [-0.2, -0.15) is 0 Å². The van der Waals surface area contributed by atoms with Gasteiger partial charge in [0.15, 0.2) is 0 Å². The fraction of sp³-hybridized carbons (Fsp3) is 0. The number of aromatic nitrogens is 2. The number of anilines is 1. The van der Waals surface area contributed by atoms with Gasteiger partial charge in [0.1, 0.15) is 5.82 Å². The molecular weight excluding hydrogens is 258 g/mol. The van der Waals surface area contributed by atoms with Gasteiger partial charge in [-0.25, -0.2) is 4.98 Å². The van der Waals surface area contributed by atoms with Crippen molar-refractivity contribution in [2.45, 2.75) is 0 Å². The molecule has 0 atom stereocenters. The largest absolute Gasteiger partial charge is 0.399 e. The third-order valence-electron chi connectivity index (χ3n) is 2.83. The Labute approximate surface area is 115 Å². The summed E-state index contributed by atoms with van der Waals surface area (Å²) in [5, 5.41) is 0.733. The molecule has 19 heavy (non-hydrogen) atoms. The minimum atomic E-state index is 0.726. The van der Waals surface area contributed by atoms with Crippen molar-refractivity contribution in [3.8, 4) is 0 Å². The van der Waals surface area contributed by atoms with E-state index in [-0.39, 0.29) is 0 Å². The van der Waals surface area contributed by atoms with Gasteiger partial charge in [-0.15, -0.1) is 0 Å². The molecule has 3 rings (SSSR count). The number of aromatic amines is 1. The number of nitrogens with one attached hydrogen (secondary N) is 1. The molecule has 0 aliphatic rings. The highest BCUT2D eigenvalue weighted by Crippen LogP contribution is 2.16. The monoisotopic (exact) mass is 269 g/mol. The van der Waals surface area contributed by atoms with E-state index in [1.165, 1.54) is 0 Å². The summed E-state index contributed by atoms with van der Waals surface area (Å²) in [6, 6.07) is 13.3. The van der Waals surface area contributed by atoms with E-state index >= 15 is 0 Å². The second-order valence-electron chi connectivity index (χ2n) is 4.28. The number of imidazole rings is 1. The lowest BCUT2D eigenvalue weighted by Crippen LogP contribution is -1.82. The van der Waals surface area contributed by atoms with Crippen LogP contribution in [0, 0.1) is 0 Å². The molecule has 0 unspecified atom stereocenters. The van der Waals surface area contributed by atoms with Gasteiger partial charge in [-0.05, 0) is 42.0 Å². The fourth-order valence-electron chi connectivity index (χ4n) is 1.87. The van der Waals surface area contributed by atoms with Crippen molar-refractivity contribution >= 4 is 40.5 Å². The zero-order valence-electron chi connectivity index (χ0n) is 10.1. The maximum atomic E-state index is 5.84. The predicted molar refractivity (Wildman–Crippen MR) is 80.9 cm³/mol. The Morgan fingerprint density at radius 3 is 2.63 bits per heavy atom. The van der Waals surface area contributed by atoms with E-state index in [0.29, 0.717) is 0 Å². The molecule has 4 heteroatoms. The highest BCUT2D eigenvalue weighted by atomic mass is 35.5. The first kappa shape index (κ1) is 11.8. The lowest BCUT2D eigenvalue weighted by atomic mass is 10.2. The summed E-state index contributed by atoms with van der Waals surface area (Å²) in [6.07, 6.45) is 3.91. The number of hydrogen-bond acceptors (Lipinski definition) is 2. The van der Waals surface area contributed by atoms with Gasteiger partial charge in [0.05, 0.1) is 11.0 Å². The Balaban J connectivity index is 1.90. The van der Waals surface area contributed by atoms with Crippen LogP contribution in [0.15, 0.2) is 42.5 Å². The number of benzene rings is 2. The molecule has 3 N–H and O–H groups in total. The molecule has 0 amide bonds. The Bertz CT molecular complexity index is 742. The molecule has 0 radical (unpaired) electrons. The number of nitrogens with zero attached hydrogens (tertiary/aromatic N) is 1. The van der Waals surface area contributed by atoms with Gasteiger partial charge in [-0.3, -0.25) is 0 Å². The third-order valence-corrected chi connectivity index (χ3v) is 3.08. The lowest BCUT2D eigenvalue weighted by Gasteiger charge is -1.92. The van der Waals surface area contributed by atoms with Crippen LogP contribution in [0.2, 0.25) is 5.02 Å². The van der Waals surface area contributed by atoms with Crippen LogP contribution in [0.4, 0.5) is 5.69 Å². The van der Waals surface area contributed by atoms with Gasteiger partial charge in [-0.1, -0.05) is 29.8 Å². The van der Waals surface area contributed by atoms with Crippen LogP contribution in [0.25, 0.3) is 23.2 Å². The van der Waals surface area contributed by atoms with Crippen LogP contribution in [0.5, 0.6) is 0 Å². The van der Waals surface area contributed by atoms with Crippen molar-refractivity contribution in [3.05, 3.63) is 58.9 Å². The highest BCUT2D eigenvalue weighted by Gasteiger charge is 1.99. The standard InChI is InChI=1S/C15H12ClN3/c16-11-4-1-10(2-5-11)3-8-15-18-13-7-6-12(17)9-14(13)19-15/h1-9H,17H2,(H,18,19)/b8-3+. The molecule has 0 spiro atoms. The predicted octanol–water partition coefficient (Wildman–Crippen LogP) is 3.97. The van der Waals surface area contributed by atoms with E-state index in [1.54, 1.807) is 0 Å². The number of nitrogens with two attached hydrogens (primary N) is 1. The maximum Gasteiger partial charge on any atom is 0.131 e. The van der Waals surface area contributed by atoms with E-state index in [4.69, 9.17) is 17.3 Å². The van der Waals surface area contributed by atoms with Crippen LogP contribution in [0.1, 0.15) is 11.4 Å². The zero-order valence-corrected chi connectivity index (χ0v) is 10.9. The quantitative estimate of drug-likeness (QED) is 0.692. The van der Waals surface area contributed by atoms with Crippen LogP contribution in [-0.2, 0) is 0 Å². The van der Waals surface area contributed by atoms with Gasteiger partial charge in [0.25, 0.3) is 0 Å². The Morgan fingerprint density at radius 1 is 1.05 bits per heavy atom. The van der Waals surface area contributed by atoms with Crippen molar-refractivity contribution in [2.75, 3.05) is 5.73 Å². The minimum Gasteiger partial charge on any atom is -0.399 e. The van der Waals surface area contributed by atoms with E-state index in [9.17, 15) is 0 Å². The van der Waals surface area contributed by atoms with Crippen LogP contribution >= 0.6 is 11.6 Å². The molecule has 94 valence electrons. The molecule has 0 aliphatic carbocycles. The van der Waals surface area contributed by atoms with Crippen LogP contribution < -0.4 is 5.73 Å². The molecule has 2 aromatic carbocycles. The summed E-state index contributed by atoms with van der Waals surface area (Å²) in [6.45, 7) is 0. The number of hydrogen-bond donors (Lipinski definition) is 2. The number of nitrogen functional groups attached to an aromatic ring is 1. The molecule has 3 nitrogen and oxygen atoms in total. The SMILES string of the molecule is Nc1ccc2nc(/C=C/c3ccc(Cl)cc3)[nH]c2c1. The summed E-state index contributed by atoms with van der Waals surface area (Å²) in [5.74, 6) is 0.801. The first-order chi connectivity index (χ1) is 9.20. The smallest absolute Gasteiger partial charge is 0.131 e. The van der Waals surface area contributed by atoms with Gasteiger partial charge in [0.2, 0.25) is 0 Å². The minimum absolute atomic E-state index is 0.726. The third kappa shape index (κ3) is 2.61. The number of rotatable bonds is 2. The van der Waals surface area contributed by atoms with Crippen molar-refractivity contribution < 1.29 is 0 Å². The van der Waals surface area contributed by atoms with Gasteiger partial charge in [0, 0.05) is 10.7 Å². The summed E-state index contributed by atoms with van der Waals surface area (Å²) < 4.78 is 0. The topological polar surface area (TPSA) is 54.7 Å². The first-order valence-electron chi connectivity index (χ1n) is 5.89. The van der Waals surface area contributed by atoms with Gasteiger partial charge >= 0.3 is 0 Å². The molecule has 1 heterocycles. The Kier molecular flexibility index (Phi) is 2.97. The second-order valence-corrected chi connectivity index (χ2v) is 4.72. The average molecular weight is 270 g/mol. The molecule has 0 fully saturated rings. The zero-order chi connectivity index (χ0) is 13.2. The molecule has 1 aromatic heterocycles. The lowest BCUT2D eigenvalue weighted by molar-refractivity contribution is 1.29. The molecule has 0 aliphatic heterocycles. The molecule has 0 saturated heterocycles. The average Bonchev–Trinajstić information content (AvgIpc) is 2.80. The van der Waals surface area contributed by atoms with Crippen molar-refractivity contribution in [2.24, 2.45) is 0 Å². The van der Waals surface area contributed by atoms with Crippen molar-refractivity contribution in [1.29, 1.82) is 0 Å². The second kappa shape index (κ2) is 4.78. The molecular formula is C15H12ClN3. The Hall–Kier alpha value is -2.26. The highest BCUT2D eigenvalue weighted by molar-refractivity contribution is 6.30. The summed E-state index contributed by atoms with van der Waals surface area (Å²) in [5.41, 5.74) is 9.38. The normalized spacial score (nSPS) is 11.4. The fourth-order valence-corrected chi connectivity index (χ4v) is 2.00. The van der Waals surface area contributed by atoms with Crippen molar-refractivity contribution in [1.82, 2.24) is 9.97 Å². The molecule has 0 saturated carbocycles. The van der Waals surface area contributed by atoms with Crippen molar-refractivity contribution in [3.63, 3.8) is 0 Å². The van der Waals surface area contributed by atoms with E-state index in [0.717, 1.165) is 33.1 Å². The summed E-state index contributed by atoms with van der Waals surface area (Å²) in [4.78, 5) is 7.68. The Morgan fingerprint density at radius 2 is 1.84 bits per heavy atom. The van der Waals surface area contributed by atoms with Crippen LogP contribution in [-0.4, -0.2) is 9.97 Å². The van der Waals surface area contributed by atoms with Crippen LogP contribution in [0.3, 0.4) is 0 Å². The summed E-state index contributed by atoms with van der Waals surface area (Å²) in [7, 11) is 0. The van der Waals surface area contributed by atoms with E-state index in [1.807, 2.05) is 54.6 Å². The number of H-pyrrole nitrogens is 1. The maximum absolute atomic E-state index is 5.84. The molecule has 3 aromatic rings. The summed E-state index contributed by atoms with van der Waals surface area (Å²) >= 11 is 5.84. The van der Waals surface area contributed by atoms with Gasteiger partial charge < -0.3 is 10.7 Å². The molecule has 0 bridgehead atoms. The number of fused-ring (bicyclic) bond motifs is 1. The number of halogens is 1. The van der Waals surface area contributed by atoms with E-state index < -0.39 is 0 Å². The first-order valence-corrected chi connectivity index (χ1v) is 6.27.